The lowest BCUT2D eigenvalue weighted by molar-refractivity contribution is 0.0695. The molecular weight excluding hydrogens is 466 g/mol. The van der Waals surface area contributed by atoms with Crippen LogP contribution in [-0.2, 0) is 6.42 Å². The van der Waals surface area contributed by atoms with Crippen molar-refractivity contribution in [3.8, 4) is 17.2 Å². The highest BCUT2D eigenvalue weighted by atomic mass is 35.5. The largest absolute Gasteiger partial charge is 0.492 e. The molecule has 1 unspecified atom stereocenters. The second-order valence-corrected chi connectivity index (χ2v) is 8.97. The molecule has 2 heterocycles. The van der Waals surface area contributed by atoms with Gasteiger partial charge in [0.05, 0.1) is 17.2 Å². The molecule has 35 heavy (non-hydrogen) atoms. The number of aliphatic imine (C=N–C) groups is 1. The number of amidine groups is 1. The quantitative estimate of drug-likeness (QED) is 0.514. The van der Waals surface area contributed by atoms with Crippen LogP contribution in [0.15, 0.2) is 65.7 Å². The number of aromatic carboxylic acids is 1. The van der Waals surface area contributed by atoms with E-state index in [1.807, 2.05) is 49.4 Å². The number of rotatable bonds is 5. The Morgan fingerprint density at radius 1 is 1.20 bits per heavy atom. The minimum Gasteiger partial charge on any atom is -0.492 e. The van der Waals surface area contributed by atoms with Gasteiger partial charge in [-0.15, -0.1) is 0 Å². The minimum absolute atomic E-state index is 0.0610. The van der Waals surface area contributed by atoms with Crippen LogP contribution in [-0.4, -0.2) is 54.1 Å². The first-order chi connectivity index (χ1) is 17.0. The number of nitrogens with zero attached hydrogens (tertiary/aromatic N) is 2. The van der Waals surface area contributed by atoms with E-state index in [0.29, 0.717) is 47.3 Å². The van der Waals surface area contributed by atoms with Crippen molar-refractivity contribution in [2.24, 2.45) is 4.99 Å². The third-order valence-electron chi connectivity index (χ3n) is 6.19. The van der Waals surface area contributed by atoms with Crippen LogP contribution in [0.4, 0.5) is 5.69 Å². The standard InChI is InChI=1S/C27H26ClN3O4/c1-2-17-13-20(8-9-21(17)27(32)33)34-16-19-15-31(12-11-29-19)26-22-5-3-4-6-24(22)35-25-10-7-18(28)14-23(25)30-26/h3-10,13-14,19,29H,2,11-12,15-16H2,1H3,(H,32,33). The number of carboxylic acids is 1. The molecule has 8 heteroatoms. The Hall–Kier alpha value is -3.55. The summed E-state index contributed by atoms with van der Waals surface area (Å²) in [6, 6.07) is 18.6. The van der Waals surface area contributed by atoms with Crippen molar-refractivity contribution >= 4 is 29.1 Å². The van der Waals surface area contributed by atoms with E-state index in [1.54, 1.807) is 18.2 Å². The summed E-state index contributed by atoms with van der Waals surface area (Å²) in [6.45, 7) is 4.63. The molecule has 0 bridgehead atoms. The minimum atomic E-state index is -0.922. The van der Waals surface area contributed by atoms with Crippen LogP contribution in [0.25, 0.3) is 0 Å². The third-order valence-corrected chi connectivity index (χ3v) is 6.42. The smallest absolute Gasteiger partial charge is 0.335 e. The van der Waals surface area contributed by atoms with Crippen LogP contribution in [0.3, 0.4) is 0 Å². The Kier molecular flexibility index (Phi) is 6.61. The van der Waals surface area contributed by atoms with Gasteiger partial charge in [0.1, 0.15) is 29.6 Å². The molecular formula is C27H26ClN3O4. The van der Waals surface area contributed by atoms with Crippen LogP contribution in [0.2, 0.25) is 5.02 Å². The summed E-state index contributed by atoms with van der Waals surface area (Å²) in [5.74, 6) is 2.01. The summed E-state index contributed by atoms with van der Waals surface area (Å²) in [4.78, 5) is 18.6. The van der Waals surface area contributed by atoms with Gasteiger partial charge in [-0.05, 0) is 60.5 Å². The Morgan fingerprint density at radius 3 is 2.89 bits per heavy atom. The molecule has 2 N–H and O–H groups in total. The van der Waals surface area contributed by atoms with Crippen molar-refractivity contribution in [3.63, 3.8) is 0 Å². The fraction of sp³-hybridized carbons (Fsp3) is 0.259. The zero-order chi connectivity index (χ0) is 24.4. The number of ether oxygens (including phenoxy) is 2. The molecule has 0 aliphatic carbocycles. The first-order valence-electron chi connectivity index (χ1n) is 11.6. The van der Waals surface area contributed by atoms with E-state index in [0.717, 1.165) is 35.8 Å². The van der Waals surface area contributed by atoms with Crippen molar-refractivity contribution in [3.05, 3.63) is 82.4 Å². The number of piperazine rings is 1. The van der Waals surface area contributed by atoms with Crippen LogP contribution in [0.1, 0.15) is 28.4 Å². The molecule has 7 nitrogen and oxygen atoms in total. The molecule has 0 radical (unpaired) electrons. The normalized spacial score (nSPS) is 16.9. The average molecular weight is 492 g/mol. The predicted molar refractivity (Wildman–Crippen MR) is 136 cm³/mol. The number of hydrogen-bond acceptors (Lipinski definition) is 6. The molecule has 3 aromatic carbocycles. The molecule has 1 saturated heterocycles. The van der Waals surface area contributed by atoms with Crippen molar-refractivity contribution in [1.82, 2.24) is 10.2 Å². The van der Waals surface area contributed by atoms with Crippen molar-refractivity contribution in [1.29, 1.82) is 0 Å². The van der Waals surface area contributed by atoms with Gasteiger partial charge >= 0.3 is 5.97 Å². The molecule has 1 atom stereocenters. The lowest BCUT2D eigenvalue weighted by Crippen LogP contribution is -2.54. The van der Waals surface area contributed by atoms with Gasteiger partial charge in [-0.2, -0.15) is 0 Å². The lowest BCUT2D eigenvalue weighted by Gasteiger charge is -2.35. The van der Waals surface area contributed by atoms with Gasteiger partial charge in [0, 0.05) is 24.7 Å². The van der Waals surface area contributed by atoms with E-state index >= 15 is 0 Å². The first-order valence-corrected chi connectivity index (χ1v) is 12.0. The summed E-state index contributed by atoms with van der Waals surface area (Å²) in [7, 11) is 0. The zero-order valence-electron chi connectivity index (χ0n) is 19.3. The summed E-state index contributed by atoms with van der Waals surface area (Å²) >= 11 is 6.25. The molecule has 2 aliphatic heterocycles. The number of benzene rings is 3. The summed E-state index contributed by atoms with van der Waals surface area (Å²) in [5, 5.41) is 13.5. The molecule has 2 aliphatic rings. The topological polar surface area (TPSA) is 83.4 Å². The van der Waals surface area contributed by atoms with Crippen molar-refractivity contribution < 1.29 is 19.4 Å². The van der Waals surface area contributed by atoms with E-state index < -0.39 is 5.97 Å². The van der Waals surface area contributed by atoms with Gasteiger partial charge in [-0.25, -0.2) is 9.79 Å². The molecule has 0 aromatic heterocycles. The number of carboxylic acid groups (broad SMARTS) is 1. The Balaban J connectivity index is 1.36. The van der Waals surface area contributed by atoms with Crippen LogP contribution >= 0.6 is 11.6 Å². The lowest BCUT2D eigenvalue weighted by atomic mass is 10.1. The highest BCUT2D eigenvalue weighted by Crippen LogP contribution is 2.39. The first kappa shape index (κ1) is 23.2. The summed E-state index contributed by atoms with van der Waals surface area (Å²) < 4.78 is 12.2. The van der Waals surface area contributed by atoms with E-state index in [1.165, 1.54) is 0 Å². The number of nitrogens with one attached hydrogen (secondary N) is 1. The highest BCUT2D eigenvalue weighted by molar-refractivity contribution is 6.31. The Bertz CT molecular complexity index is 1290. The number of para-hydroxylation sites is 1. The van der Waals surface area contributed by atoms with Gasteiger partial charge in [0.25, 0.3) is 0 Å². The molecule has 180 valence electrons. The van der Waals surface area contributed by atoms with Gasteiger partial charge in [0.15, 0.2) is 5.75 Å². The second kappa shape index (κ2) is 9.98. The third kappa shape index (κ3) is 4.97. The maximum Gasteiger partial charge on any atom is 0.335 e. The van der Waals surface area contributed by atoms with E-state index in [-0.39, 0.29) is 6.04 Å². The fourth-order valence-corrected chi connectivity index (χ4v) is 4.59. The fourth-order valence-electron chi connectivity index (χ4n) is 4.43. The van der Waals surface area contributed by atoms with Gasteiger partial charge in [-0.1, -0.05) is 30.7 Å². The molecule has 1 fully saturated rings. The Labute approximate surface area is 209 Å². The van der Waals surface area contributed by atoms with Gasteiger partial charge < -0.3 is 24.8 Å². The summed E-state index contributed by atoms with van der Waals surface area (Å²) in [5.41, 5.74) is 2.70. The maximum absolute atomic E-state index is 11.4. The number of fused-ring (bicyclic) bond motifs is 2. The average Bonchev–Trinajstić information content (AvgIpc) is 3.04. The van der Waals surface area contributed by atoms with Gasteiger partial charge in [0.2, 0.25) is 0 Å². The van der Waals surface area contributed by atoms with E-state index in [2.05, 4.69) is 10.2 Å². The second-order valence-electron chi connectivity index (χ2n) is 8.53. The molecule has 3 aromatic rings. The maximum atomic E-state index is 11.4. The Morgan fingerprint density at radius 2 is 2.06 bits per heavy atom. The van der Waals surface area contributed by atoms with E-state index in [9.17, 15) is 9.90 Å². The van der Waals surface area contributed by atoms with Crippen LogP contribution in [0.5, 0.6) is 17.2 Å². The van der Waals surface area contributed by atoms with Crippen LogP contribution in [0, 0.1) is 0 Å². The molecule has 5 rings (SSSR count). The number of aryl methyl sites for hydroxylation is 1. The monoisotopic (exact) mass is 491 g/mol. The zero-order valence-corrected chi connectivity index (χ0v) is 20.1. The molecule has 0 saturated carbocycles. The molecule has 0 amide bonds. The SMILES string of the molecule is CCc1cc(OCC2CN(C3=Nc4cc(Cl)ccc4Oc4ccccc43)CCN2)ccc1C(=O)O. The van der Waals surface area contributed by atoms with Crippen molar-refractivity contribution in [2.75, 3.05) is 26.2 Å². The summed E-state index contributed by atoms with van der Waals surface area (Å²) in [6.07, 6.45) is 0.626. The van der Waals surface area contributed by atoms with Crippen molar-refractivity contribution in [2.45, 2.75) is 19.4 Å². The number of hydrogen-bond donors (Lipinski definition) is 2. The molecule has 0 spiro atoms. The van der Waals surface area contributed by atoms with Gasteiger partial charge in [-0.3, -0.25) is 0 Å². The number of carbonyl (C=O) groups is 1. The highest BCUT2D eigenvalue weighted by Gasteiger charge is 2.27. The number of halogens is 1. The van der Waals surface area contributed by atoms with E-state index in [4.69, 9.17) is 26.1 Å². The predicted octanol–water partition coefficient (Wildman–Crippen LogP) is 5.14. The van der Waals surface area contributed by atoms with Crippen LogP contribution < -0.4 is 14.8 Å².